The fourth-order valence-corrected chi connectivity index (χ4v) is 3.80. The Labute approximate surface area is 92.9 Å². The molecular weight excluding hydrogens is 258 g/mol. The van der Waals surface area contributed by atoms with Crippen molar-refractivity contribution in [2.45, 2.75) is 23.9 Å². The van der Waals surface area contributed by atoms with E-state index in [1.54, 1.807) is 3.28 Å². The third-order valence-electron chi connectivity index (χ3n) is 1.25. The Hall–Kier alpha value is 0.943. The van der Waals surface area contributed by atoms with E-state index in [1.807, 2.05) is 0 Å². The van der Waals surface area contributed by atoms with Gasteiger partial charge in [-0.3, -0.25) is 0 Å². The molecule has 0 N–H and O–H groups in total. The van der Waals surface area contributed by atoms with E-state index in [2.05, 4.69) is 32.1 Å². The summed E-state index contributed by atoms with van der Waals surface area (Å²) in [6, 6.07) is 0. The van der Waals surface area contributed by atoms with Gasteiger partial charge >= 0.3 is 68.6 Å². The Balaban J connectivity index is 0. The molecule has 0 nitrogen and oxygen atoms in total. The van der Waals surface area contributed by atoms with Gasteiger partial charge in [0.2, 0.25) is 0 Å². The van der Waals surface area contributed by atoms with Gasteiger partial charge in [0.1, 0.15) is 0 Å². The molecule has 1 aliphatic carbocycles. The van der Waals surface area contributed by atoms with E-state index >= 15 is 0 Å². The van der Waals surface area contributed by atoms with Gasteiger partial charge in [-0.15, -0.1) is 0 Å². The largest absolute Gasteiger partial charge is 1.00 e. The standard InChI is InChI=1S/C5H5.C3H7.2ClH.Zr/c1-2-4-5-3-1;1-3-2;;;/h1-3H,4H2;3H,1-2H3;2*1H;/q;;;;+2/p-2. The van der Waals surface area contributed by atoms with Gasteiger partial charge in [-0.2, -0.15) is 0 Å². The molecule has 0 aromatic rings. The molecule has 0 aliphatic heterocycles. The first kappa shape index (κ1) is 14.5. The predicted octanol–water partition coefficient (Wildman–Crippen LogP) is -3.25. The molecule has 0 saturated carbocycles. The van der Waals surface area contributed by atoms with Crippen LogP contribution in [0.15, 0.2) is 21.5 Å². The van der Waals surface area contributed by atoms with Crippen molar-refractivity contribution in [1.29, 1.82) is 0 Å². The maximum atomic E-state index is 2.34. The van der Waals surface area contributed by atoms with Gasteiger partial charge in [0, 0.05) is 0 Å². The minimum atomic E-state index is -0.136. The third-order valence-corrected chi connectivity index (χ3v) is 4.49. The van der Waals surface area contributed by atoms with Crippen LogP contribution in [0.5, 0.6) is 0 Å². The molecule has 0 aromatic heterocycles. The van der Waals surface area contributed by atoms with Gasteiger partial charge < -0.3 is 24.8 Å². The Bertz CT molecular complexity index is 150. The van der Waals surface area contributed by atoms with E-state index in [4.69, 9.17) is 0 Å². The van der Waals surface area contributed by atoms with Crippen LogP contribution in [-0.2, 0) is 23.2 Å². The van der Waals surface area contributed by atoms with Gasteiger partial charge in [0.25, 0.3) is 0 Å². The molecule has 11 heavy (non-hydrogen) atoms. The van der Waals surface area contributed by atoms with Crippen molar-refractivity contribution in [3.8, 4) is 0 Å². The molecule has 62 valence electrons. The minimum absolute atomic E-state index is 0. The summed E-state index contributed by atoms with van der Waals surface area (Å²) in [5.74, 6) is 0. The fourth-order valence-electron chi connectivity index (χ4n) is 0.925. The second-order valence-electron chi connectivity index (χ2n) is 2.62. The Morgan fingerprint density at radius 2 is 2.00 bits per heavy atom. The number of halogens is 2. The van der Waals surface area contributed by atoms with Gasteiger partial charge in [0.05, 0.1) is 0 Å². The molecule has 0 heterocycles. The van der Waals surface area contributed by atoms with Crippen molar-refractivity contribution in [1.82, 2.24) is 0 Å². The van der Waals surface area contributed by atoms with E-state index in [-0.39, 0.29) is 48.0 Å². The molecule has 1 aliphatic rings. The summed E-state index contributed by atoms with van der Waals surface area (Å²) in [4.78, 5) is 0. The zero-order valence-electron chi connectivity index (χ0n) is 6.77. The maximum absolute atomic E-state index is 2.34. The van der Waals surface area contributed by atoms with Crippen LogP contribution in [0.3, 0.4) is 0 Å². The zero-order chi connectivity index (χ0) is 6.69. The van der Waals surface area contributed by atoms with Gasteiger partial charge in [-0.05, 0) is 0 Å². The molecule has 0 amide bonds. The summed E-state index contributed by atoms with van der Waals surface area (Å²) in [5, 5.41) is 0. The third kappa shape index (κ3) is 6.14. The first-order valence-corrected chi connectivity index (χ1v) is 6.06. The van der Waals surface area contributed by atoms with Crippen molar-refractivity contribution in [2.75, 3.05) is 0 Å². The van der Waals surface area contributed by atoms with Crippen LogP contribution in [-0.4, -0.2) is 0 Å². The van der Waals surface area contributed by atoms with Gasteiger partial charge in [-0.25, -0.2) is 0 Å². The first-order chi connectivity index (χ1) is 4.29. The topological polar surface area (TPSA) is 0 Å². The molecule has 3 heteroatoms. The van der Waals surface area contributed by atoms with Crippen molar-refractivity contribution in [2.24, 2.45) is 0 Å². The average Bonchev–Trinajstić information content (AvgIpc) is 2.15. The average molecular weight is 270 g/mol. The monoisotopic (exact) mass is 268 g/mol. The van der Waals surface area contributed by atoms with Crippen molar-refractivity contribution >= 4 is 0 Å². The quantitative estimate of drug-likeness (QED) is 0.494. The van der Waals surface area contributed by atoms with Crippen molar-refractivity contribution < 1.29 is 48.0 Å². The summed E-state index contributed by atoms with van der Waals surface area (Å²) in [5.41, 5.74) is 0. The summed E-state index contributed by atoms with van der Waals surface area (Å²) in [6.07, 6.45) is 8.04. The Morgan fingerprint density at radius 1 is 1.36 bits per heavy atom. The number of rotatable bonds is 2. The zero-order valence-corrected chi connectivity index (χ0v) is 10.7. The summed E-state index contributed by atoms with van der Waals surface area (Å²) in [6.45, 7) is 4.68. The molecular formula is C8H12Cl2Zr. The molecule has 0 aromatic carbocycles. The van der Waals surface area contributed by atoms with Crippen LogP contribution in [0.2, 0.25) is 3.63 Å². The Morgan fingerprint density at radius 3 is 2.36 bits per heavy atom. The minimum Gasteiger partial charge on any atom is -1.00 e. The maximum Gasteiger partial charge on any atom is -1.00 e. The smallest absolute Gasteiger partial charge is 1.00 e. The van der Waals surface area contributed by atoms with Gasteiger partial charge in [-0.1, -0.05) is 0 Å². The number of hydrogen-bond donors (Lipinski definition) is 0. The molecule has 0 radical (unpaired) electrons. The van der Waals surface area contributed by atoms with E-state index in [1.165, 1.54) is 6.42 Å². The molecule has 0 saturated heterocycles. The summed E-state index contributed by atoms with van der Waals surface area (Å²) in [7, 11) is 0. The van der Waals surface area contributed by atoms with Crippen molar-refractivity contribution in [3.05, 3.63) is 21.5 Å². The number of hydrogen-bond acceptors (Lipinski definition) is 0. The molecule has 1 rings (SSSR count). The van der Waals surface area contributed by atoms with Gasteiger partial charge in [0.15, 0.2) is 0 Å². The molecule has 0 spiro atoms. The van der Waals surface area contributed by atoms with E-state index in [0.29, 0.717) is 0 Å². The molecule has 0 atom stereocenters. The van der Waals surface area contributed by atoms with E-state index < -0.39 is 0 Å². The predicted molar refractivity (Wildman–Crippen MR) is 36.9 cm³/mol. The second kappa shape index (κ2) is 7.58. The Kier molecular flexibility index (Phi) is 9.97. The van der Waals surface area contributed by atoms with Crippen LogP contribution in [0.4, 0.5) is 0 Å². The van der Waals surface area contributed by atoms with Crippen LogP contribution in [0, 0.1) is 0 Å². The first-order valence-electron chi connectivity index (χ1n) is 3.41. The van der Waals surface area contributed by atoms with Crippen LogP contribution in [0.1, 0.15) is 20.3 Å². The second-order valence-corrected chi connectivity index (χ2v) is 7.75. The van der Waals surface area contributed by atoms with Crippen molar-refractivity contribution in [3.63, 3.8) is 0 Å². The normalized spacial score (nSPS) is 13.2. The number of allylic oxidation sites excluding steroid dienone is 4. The molecule has 0 fully saturated rings. The van der Waals surface area contributed by atoms with E-state index in [0.717, 1.165) is 3.63 Å². The molecule has 0 bridgehead atoms. The van der Waals surface area contributed by atoms with Crippen LogP contribution < -0.4 is 24.8 Å². The summed E-state index contributed by atoms with van der Waals surface area (Å²) < 4.78 is 2.74. The van der Waals surface area contributed by atoms with E-state index in [9.17, 15) is 0 Å². The van der Waals surface area contributed by atoms with Crippen LogP contribution >= 0.6 is 0 Å². The SMILES string of the molecule is C[CH](C)[Zr+2][C]1=CC=CC1.[Cl-].[Cl-]. The summed E-state index contributed by atoms with van der Waals surface area (Å²) >= 11 is -0.136. The molecule has 0 unspecified atom stereocenters. The fraction of sp³-hybridized carbons (Fsp3) is 0.500. The van der Waals surface area contributed by atoms with Crippen LogP contribution in [0.25, 0.3) is 0 Å².